The van der Waals surface area contributed by atoms with Gasteiger partial charge in [-0.1, -0.05) is 37.8 Å². The second kappa shape index (κ2) is 6.09. The van der Waals surface area contributed by atoms with Gasteiger partial charge in [-0.05, 0) is 31.5 Å². The summed E-state index contributed by atoms with van der Waals surface area (Å²) in [4.78, 5) is 12.8. The maximum absolute atomic E-state index is 12.8. The maximum Gasteiger partial charge on any atom is 0.329 e. The average Bonchev–Trinajstić information content (AvgIpc) is 3.17. The van der Waals surface area contributed by atoms with Gasteiger partial charge in [0.25, 0.3) is 0 Å². The topological polar surface area (TPSA) is 39.5 Å². The summed E-state index contributed by atoms with van der Waals surface area (Å²) in [6.07, 6.45) is 4.60. The van der Waals surface area contributed by atoms with Crippen molar-refractivity contribution >= 4 is 22.6 Å². The normalized spacial score (nSPS) is 20.7. The number of aryl methyl sites for hydroxylation is 1. The molecular formula is C17H23ClN2O2. The third-order valence-electron chi connectivity index (χ3n) is 4.35. The van der Waals surface area contributed by atoms with Gasteiger partial charge < -0.3 is 4.74 Å². The first-order chi connectivity index (χ1) is 10.5. The van der Waals surface area contributed by atoms with Gasteiger partial charge in [0.2, 0.25) is 0 Å². The number of epoxide rings is 1. The fraction of sp³-hybridized carbons (Fsp3) is 0.588. The number of ether oxygens (including phenoxy) is 1. The molecule has 2 aromatic rings. The highest BCUT2D eigenvalue weighted by molar-refractivity contribution is 6.31. The Hall–Kier alpha value is -1.26. The molecule has 0 N–H and O–H groups in total. The van der Waals surface area contributed by atoms with E-state index in [9.17, 15) is 4.79 Å². The van der Waals surface area contributed by atoms with Crippen molar-refractivity contribution in [3.8, 4) is 0 Å². The number of hydrogen-bond acceptors (Lipinski definition) is 2. The van der Waals surface area contributed by atoms with Crippen molar-refractivity contribution in [2.45, 2.75) is 58.2 Å². The molecule has 0 saturated carbocycles. The molecule has 0 bridgehead atoms. The summed E-state index contributed by atoms with van der Waals surface area (Å²) >= 11 is 6.13. The van der Waals surface area contributed by atoms with Crippen LogP contribution in [0.25, 0.3) is 11.0 Å². The summed E-state index contributed by atoms with van der Waals surface area (Å²) in [7, 11) is 0. The van der Waals surface area contributed by atoms with Crippen LogP contribution in [0, 0.1) is 0 Å². The highest BCUT2D eigenvalue weighted by Gasteiger charge is 2.40. The lowest BCUT2D eigenvalue weighted by molar-refractivity contribution is 0.293. The first kappa shape index (κ1) is 15.6. The molecule has 4 nitrogen and oxygen atoms in total. The summed E-state index contributed by atoms with van der Waals surface area (Å²) in [5.41, 5.74) is 1.72. The van der Waals surface area contributed by atoms with Crippen molar-refractivity contribution in [2.75, 3.05) is 6.61 Å². The van der Waals surface area contributed by atoms with E-state index in [0.717, 1.165) is 30.4 Å². The van der Waals surface area contributed by atoms with E-state index in [1.165, 1.54) is 12.8 Å². The average molecular weight is 323 g/mol. The molecule has 1 fully saturated rings. The van der Waals surface area contributed by atoms with E-state index >= 15 is 0 Å². The molecule has 0 spiro atoms. The van der Waals surface area contributed by atoms with Crippen LogP contribution in [0.2, 0.25) is 5.02 Å². The van der Waals surface area contributed by atoms with E-state index in [4.69, 9.17) is 16.3 Å². The zero-order valence-corrected chi connectivity index (χ0v) is 14.0. The van der Waals surface area contributed by atoms with Crippen LogP contribution in [-0.2, 0) is 17.8 Å². The Morgan fingerprint density at radius 3 is 2.68 bits per heavy atom. The highest BCUT2D eigenvalue weighted by atomic mass is 35.5. The van der Waals surface area contributed by atoms with Gasteiger partial charge in [0.1, 0.15) is 5.60 Å². The van der Waals surface area contributed by atoms with Crippen LogP contribution >= 0.6 is 11.6 Å². The zero-order valence-electron chi connectivity index (χ0n) is 13.3. The number of aromatic nitrogens is 2. The first-order valence-electron chi connectivity index (χ1n) is 8.07. The van der Waals surface area contributed by atoms with Gasteiger partial charge in [0, 0.05) is 11.6 Å². The van der Waals surface area contributed by atoms with Crippen molar-refractivity contribution < 1.29 is 4.74 Å². The van der Waals surface area contributed by atoms with Crippen molar-refractivity contribution in [3.05, 3.63) is 33.7 Å². The fourth-order valence-electron chi connectivity index (χ4n) is 2.91. The molecule has 22 heavy (non-hydrogen) atoms. The molecule has 1 saturated heterocycles. The molecular weight excluding hydrogens is 300 g/mol. The van der Waals surface area contributed by atoms with Gasteiger partial charge >= 0.3 is 5.69 Å². The molecule has 1 aliphatic heterocycles. The number of rotatable bonds is 7. The van der Waals surface area contributed by atoms with Gasteiger partial charge in [-0.25, -0.2) is 4.79 Å². The minimum Gasteiger partial charge on any atom is -0.368 e. The number of imidazole rings is 1. The monoisotopic (exact) mass is 322 g/mol. The lowest BCUT2D eigenvalue weighted by Gasteiger charge is -2.06. The van der Waals surface area contributed by atoms with Crippen LogP contribution < -0.4 is 5.69 Å². The van der Waals surface area contributed by atoms with Crippen molar-refractivity contribution in [2.24, 2.45) is 0 Å². The molecule has 120 valence electrons. The lowest BCUT2D eigenvalue weighted by atomic mass is 10.2. The first-order valence-corrected chi connectivity index (χ1v) is 8.44. The van der Waals surface area contributed by atoms with E-state index < -0.39 is 0 Å². The minimum atomic E-state index is -0.201. The molecule has 1 aliphatic rings. The Balaban J connectivity index is 1.96. The molecule has 2 heterocycles. The quantitative estimate of drug-likeness (QED) is 0.574. The second-order valence-corrected chi connectivity index (χ2v) is 6.89. The summed E-state index contributed by atoms with van der Waals surface area (Å²) in [6.45, 7) is 6.29. The Labute approximate surface area is 135 Å². The van der Waals surface area contributed by atoms with Crippen molar-refractivity contribution in [3.63, 3.8) is 0 Å². The third kappa shape index (κ3) is 3.08. The Kier molecular flexibility index (Phi) is 4.33. The number of halogens is 1. The van der Waals surface area contributed by atoms with E-state index in [1.807, 2.05) is 34.3 Å². The smallest absolute Gasteiger partial charge is 0.329 e. The third-order valence-corrected chi connectivity index (χ3v) is 4.58. The van der Waals surface area contributed by atoms with Gasteiger partial charge in [-0.3, -0.25) is 9.13 Å². The second-order valence-electron chi connectivity index (χ2n) is 6.45. The van der Waals surface area contributed by atoms with Gasteiger partial charge in [-0.2, -0.15) is 0 Å². The predicted octanol–water partition coefficient (Wildman–Crippen LogP) is 3.83. The summed E-state index contributed by atoms with van der Waals surface area (Å²) in [5, 5.41) is 0.659. The number of benzene rings is 1. The highest BCUT2D eigenvalue weighted by Crippen LogP contribution is 2.29. The van der Waals surface area contributed by atoms with Crippen LogP contribution in [-0.4, -0.2) is 21.3 Å². The molecule has 1 aromatic heterocycles. The lowest BCUT2D eigenvalue weighted by Crippen LogP contribution is -2.29. The summed E-state index contributed by atoms with van der Waals surface area (Å²) in [6, 6.07) is 5.68. The van der Waals surface area contributed by atoms with Crippen LogP contribution in [0.5, 0.6) is 0 Å². The van der Waals surface area contributed by atoms with Crippen LogP contribution in [0.4, 0.5) is 0 Å². The van der Waals surface area contributed by atoms with E-state index in [1.54, 1.807) is 0 Å². The van der Waals surface area contributed by atoms with Crippen LogP contribution in [0.3, 0.4) is 0 Å². The number of unbranched alkanes of at least 4 members (excludes halogenated alkanes) is 3. The van der Waals surface area contributed by atoms with Gasteiger partial charge in [0.15, 0.2) is 0 Å². The standard InChI is InChI=1S/C17H23ClN2O2/c1-3-4-5-6-9-19-14-8-7-13(18)10-15(14)20(16(19)21)11-17(2)12-22-17/h7-8,10H,3-6,9,11-12H2,1-2H3. The molecule has 0 radical (unpaired) electrons. The predicted molar refractivity (Wildman–Crippen MR) is 89.7 cm³/mol. The van der Waals surface area contributed by atoms with Gasteiger partial charge in [0.05, 0.1) is 24.2 Å². The van der Waals surface area contributed by atoms with Crippen molar-refractivity contribution in [1.82, 2.24) is 9.13 Å². The number of nitrogens with zero attached hydrogens (tertiary/aromatic N) is 2. The van der Waals surface area contributed by atoms with Crippen molar-refractivity contribution in [1.29, 1.82) is 0 Å². The maximum atomic E-state index is 12.8. The van der Waals surface area contributed by atoms with E-state index in [-0.39, 0.29) is 11.3 Å². The van der Waals surface area contributed by atoms with E-state index in [0.29, 0.717) is 18.2 Å². The molecule has 1 atom stereocenters. The molecule has 1 unspecified atom stereocenters. The van der Waals surface area contributed by atoms with E-state index in [2.05, 4.69) is 6.92 Å². The molecule has 0 amide bonds. The number of hydrogen-bond donors (Lipinski definition) is 0. The largest absolute Gasteiger partial charge is 0.368 e. The summed E-state index contributed by atoms with van der Waals surface area (Å²) < 4.78 is 9.15. The molecule has 1 aromatic carbocycles. The summed E-state index contributed by atoms with van der Waals surface area (Å²) in [5.74, 6) is 0. The van der Waals surface area contributed by atoms with Crippen LogP contribution in [0.1, 0.15) is 39.5 Å². The fourth-order valence-corrected chi connectivity index (χ4v) is 3.07. The molecule has 0 aliphatic carbocycles. The molecule has 5 heteroatoms. The zero-order chi connectivity index (χ0) is 15.7. The number of fused-ring (bicyclic) bond motifs is 1. The Morgan fingerprint density at radius 2 is 2.00 bits per heavy atom. The molecule has 3 rings (SSSR count). The Bertz CT molecular complexity index is 728. The Morgan fingerprint density at radius 1 is 1.23 bits per heavy atom. The SMILES string of the molecule is CCCCCCn1c(=O)n(CC2(C)CO2)c2cc(Cl)ccc21. The van der Waals surface area contributed by atoms with Gasteiger partial charge in [-0.15, -0.1) is 0 Å². The van der Waals surface area contributed by atoms with Crippen LogP contribution in [0.15, 0.2) is 23.0 Å². The minimum absolute atomic E-state index is 0.0468.